The maximum absolute atomic E-state index is 13.2. The number of benzene rings is 1. The maximum atomic E-state index is 13.2. The summed E-state index contributed by atoms with van der Waals surface area (Å²) in [7, 11) is 0. The van der Waals surface area contributed by atoms with Crippen molar-refractivity contribution in [2.45, 2.75) is 13.3 Å². The van der Waals surface area contributed by atoms with Crippen molar-refractivity contribution in [3.63, 3.8) is 0 Å². The fourth-order valence-corrected chi connectivity index (χ4v) is 2.71. The number of hydrogen-bond donors (Lipinski definition) is 1. The Morgan fingerprint density at radius 2 is 2.11 bits per heavy atom. The molecule has 1 amide bonds. The molecule has 19 heavy (non-hydrogen) atoms. The zero-order valence-electron chi connectivity index (χ0n) is 10.5. The van der Waals surface area contributed by atoms with Gasteiger partial charge in [0.1, 0.15) is 0 Å². The van der Waals surface area contributed by atoms with Gasteiger partial charge in [-0.15, -0.1) is 0 Å². The third-order valence-corrected chi connectivity index (χ3v) is 4.23. The second-order valence-electron chi connectivity index (χ2n) is 5.24. The third-order valence-electron chi connectivity index (χ3n) is 3.58. The zero-order valence-corrected chi connectivity index (χ0v) is 12.1. The van der Waals surface area contributed by atoms with E-state index < -0.39 is 11.6 Å². The average molecular weight is 333 g/mol. The summed E-state index contributed by atoms with van der Waals surface area (Å²) in [5.74, 6) is -2.30. The SMILES string of the molecule is CC1(CN)CCN(C(=O)c2cc(F)c(F)cc2Br)C1. The van der Waals surface area contributed by atoms with Crippen LogP contribution in [0.15, 0.2) is 16.6 Å². The molecule has 1 unspecified atom stereocenters. The summed E-state index contributed by atoms with van der Waals surface area (Å²) in [5, 5.41) is 0. The van der Waals surface area contributed by atoms with E-state index in [9.17, 15) is 13.6 Å². The van der Waals surface area contributed by atoms with Crippen molar-refractivity contribution in [3.05, 3.63) is 33.8 Å². The van der Waals surface area contributed by atoms with Crippen LogP contribution in [0.3, 0.4) is 0 Å². The second-order valence-corrected chi connectivity index (χ2v) is 6.09. The number of nitrogens with two attached hydrogens (primary N) is 1. The van der Waals surface area contributed by atoms with Crippen LogP contribution >= 0.6 is 15.9 Å². The van der Waals surface area contributed by atoms with E-state index in [1.807, 2.05) is 6.92 Å². The van der Waals surface area contributed by atoms with Crippen LogP contribution < -0.4 is 5.73 Å². The van der Waals surface area contributed by atoms with Crippen molar-refractivity contribution in [3.8, 4) is 0 Å². The Kier molecular flexibility index (Phi) is 3.92. The molecule has 3 nitrogen and oxygen atoms in total. The molecule has 0 bridgehead atoms. The van der Waals surface area contributed by atoms with E-state index in [-0.39, 0.29) is 21.4 Å². The third kappa shape index (κ3) is 2.79. The van der Waals surface area contributed by atoms with E-state index in [1.165, 1.54) is 0 Å². The molecular weight excluding hydrogens is 318 g/mol. The summed E-state index contributed by atoms with van der Waals surface area (Å²) in [6.45, 7) is 3.63. The molecule has 0 saturated carbocycles. The minimum atomic E-state index is -1.02. The zero-order chi connectivity index (χ0) is 14.2. The van der Waals surface area contributed by atoms with Gasteiger partial charge in [0.2, 0.25) is 0 Å². The highest BCUT2D eigenvalue weighted by molar-refractivity contribution is 9.10. The van der Waals surface area contributed by atoms with Gasteiger partial charge >= 0.3 is 0 Å². The topological polar surface area (TPSA) is 46.3 Å². The van der Waals surface area contributed by atoms with Gasteiger partial charge in [0.15, 0.2) is 11.6 Å². The van der Waals surface area contributed by atoms with Gasteiger partial charge in [0.25, 0.3) is 5.91 Å². The van der Waals surface area contributed by atoms with E-state index in [0.717, 1.165) is 18.6 Å². The molecule has 1 fully saturated rings. The summed E-state index contributed by atoms with van der Waals surface area (Å²) in [5.41, 5.74) is 5.73. The number of amides is 1. The monoisotopic (exact) mass is 332 g/mol. The predicted octanol–water partition coefficient (Wildman–Crippen LogP) is 2.54. The predicted molar refractivity (Wildman–Crippen MR) is 71.7 cm³/mol. The highest BCUT2D eigenvalue weighted by Gasteiger charge is 2.35. The normalized spacial score (nSPS) is 22.9. The van der Waals surface area contributed by atoms with Gasteiger partial charge in [-0.3, -0.25) is 4.79 Å². The molecule has 1 atom stereocenters. The Hall–Kier alpha value is -1.01. The van der Waals surface area contributed by atoms with E-state index in [2.05, 4.69) is 15.9 Å². The Morgan fingerprint density at radius 3 is 2.68 bits per heavy atom. The van der Waals surface area contributed by atoms with Gasteiger partial charge < -0.3 is 10.6 Å². The molecule has 1 aliphatic rings. The van der Waals surface area contributed by atoms with Crippen LogP contribution in [0.2, 0.25) is 0 Å². The first-order valence-corrected chi connectivity index (χ1v) is 6.79. The summed E-state index contributed by atoms with van der Waals surface area (Å²) < 4.78 is 26.5. The molecule has 0 aliphatic carbocycles. The van der Waals surface area contributed by atoms with Gasteiger partial charge in [-0.1, -0.05) is 6.92 Å². The van der Waals surface area contributed by atoms with Gasteiger partial charge in [-0.25, -0.2) is 8.78 Å². The number of rotatable bonds is 2. The smallest absolute Gasteiger partial charge is 0.255 e. The fourth-order valence-electron chi connectivity index (χ4n) is 2.22. The first kappa shape index (κ1) is 14.4. The number of halogens is 3. The quantitative estimate of drug-likeness (QED) is 0.846. The van der Waals surface area contributed by atoms with E-state index in [0.29, 0.717) is 19.6 Å². The van der Waals surface area contributed by atoms with Crippen molar-refractivity contribution in [2.75, 3.05) is 19.6 Å². The van der Waals surface area contributed by atoms with Crippen LogP contribution in [-0.4, -0.2) is 30.4 Å². The molecule has 6 heteroatoms. The highest BCUT2D eigenvalue weighted by atomic mass is 79.9. The highest BCUT2D eigenvalue weighted by Crippen LogP contribution is 2.31. The molecule has 2 rings (SSSR count). The van der Waals surface area contributed by atoms with Crippen molar-refractivity contribution in [2.24, 2.45) is 11.1 Å². The molecule has 1 aromatic rings. The van der Waals surface area contributed by atoms with E-state index >= 15 is 0 Å². The summed E-state index contributed by atoms with van der Waals surface area (Å²) >= 11 is 3.10. The van der Waals surface area contributed by atoms with Crippen LogP contribution in [0.4, 0.5) is 8.78 Å². The fraction of sp³-hybridized carbons (Fsp3) is 0.462. The van der Waals surface area contributed by atoms with Crippen LogP contribution in [-0.2, 0) is 0 Å². The van der Waals surface area contributed by atoms with Crippen molar-refractivity contribution in [1.29, 1.82) is 0 Å². The molecule has 2 N–H and O–H groups in total. The molecule has 1 aromatic carbocycles. The van der Waals surface area contributed by atoms with Gasteiger partial charge in [0.05, 0.1) is 5.56 Å². The minimum absolute atomic E-state index is 0.0965. The average Bonchev–Trinajstić information content (AvgIpc) is 2.77. The molecule has 0 aromatic heterocycles. The molecule has 0 spiro atoms. The number of hydrogen-bond acceptors (Lipinski definition) is 2. The lowest BCUT2D eigenvalue weighted by Crippen LogP contribution is -2.34. The van der Waals surface area contributed by atoms with Gasteiger partial charge in [-0.2, -0.15) is 0 Å². The Morgan fingerprint density at radius 1 is 1.47 bits per heavy atom. The van der Waals surface area contributed by atoms with Crippen LogP contribution in [0.25, 0.3) is 0 Å². The Labute approximate surface area is 118 Å². The van der Waals surface area contributed by atoms with Crippen LogP contribution in [0.5, 0.6) is 0 Å². The minimum Gasteiger partial charge on any atom is -0.338 e. The van der Waals surface area contributed by atoms with Crippen molar-refractivity contribution >= 4 is 21.8 Å². The Bertz CT molecular complexity index is 524. The molecule has 0 radical (unpaired) electrons. The first-order valence-electron chi connectivity index (χ1n) is 6.00. The van der Waals surface area contributed by atoms with E-state index in [1.54, 1.807) is 4.90 Å². The lowest BCUT2D eigenvalue weighted by Gasteiger charge is -2.23. The standard InChI is InChI=1S/C13H15BrF2N2O/c1-13(6-17)2-3-18(7-13)12(19)8-4-10(15)11(16)5-9(8)14/h4-5H,2-3,6-7,17H2,1H3. The summed E-state index contributed by atoms with van der Waals surface area (Å²) in [6, 6.07) is 1.90. The van der Waals surface area contributed by atoms with Gasteiger partial charge in [-0.05, 0) is 46.4 Å². The maximum Gasteiger partial charge on any atom is 0.255 e. The molecule has 1 aliphatic heterocycles. The van der Waals surface area contributed by atoms with Crippen molar-refractivity contribution in [1.82, 2.24) is 4.90 Å². The van der Waals surface area contributed by atoms with E-state index in [4.69, 9.17) is 5.73 Å². The summed E-state index contributed by atoms with van der Waals surface area (Å²) in [6.07, 6.45) is 0.816. The number of likely N-dealkylation sites (tertiary alicyclic amines) is 1. The number of nitrogens with zero attached hydrogens (tertiary/aromatic N) is 1. The Balaban J connectivity index is 2.24. The molecule has 104 valence electrons. The number of carbonyl (C=O) groups is 1. The molecule has 1 saturated heterocycles. The lowest BCUT2D eigenvalue weighted by atomic mass is 9.90. The van der Waals surface area contributed by atoms with Crippen molar-refractivity contribution < 1.29 is 13.6 Å². The molecular formula is C13H15BrF2N2O. The van der Waals surface area contributed by atoms with Crippen LogP contribution in [0.1, 0.15) is 23.7 Å². The van der Waals surface area contributed by atoms with Crippen LogP contribution in [0, 0.1) is 17.0 Å². The second kappa shape index (κ2) is 5.17. The molecule has 1 heterocycles. The van der Waals surface area contributed by atoms with Gasteiger partial charge in [0, 0.05) is 17.6 Å². The summed E-state index contributed by atoms with van der Waals surface area (Å²) in [4.78, 5) is 13.9. The first-order chi connectivity index (χ1) is 8.86. The number of carbonyl (C=O) groups excluding carboxylic acids is 1. The lowest BCUT2D eigenvalue weighted by molar-refractivity contribution is 0.0775. The largest absolute Gasteiger partial charge is 0.338 e.